The molecule has 0 radical (unpaired) electrons. The molecule has 1 amide bonds. The van der Waals surface area contributed by atoms with Crippen molar-refractivity contribution in [2.75, 3.05) is 10.8 Å². The average molecular weight is 325 g/mol. The first kappa shape index (κ1) is 15.7. The van der Waals surface area contributed by atoms with Gasteiger partial charge in [-0.25, -0.2) is 13.4 Å². The third-order valence-electron chi connectivity index (χ3n) is 2.70. The minimum atomic E-state index is -4.23. The normalized spacial score (nSPS) is 15.9. The minimum absolute atomic E-state index is 0.136. The molecule has 0 aromatic heterocycles. The Hall–Kier alpha value is -2.73. The molecule has 0 aliphatic carbocycles. The maximum Gasteiger partial charge on any atom is 0.326 e. The number of hydrogen-bond donors (Lipinski definition) is 3. The van der Waals surface area contributed by atoms with Gasteiger partial charge in [-0.3, -0.25) is 4.79 Å². The predicted molar refractivity (Wildman–Crippen MR) is 77.3 cm³/mol. The molecule has 1 fully saturated rings. The Morgan fingerprint density at radius 2 is 2.23 bits per heavy atom. The summed E-state index contributed by atoms with van der Waals surface area (Å²) in [4.78, 5) is 11.2. The third-order valence-corrected chi connectivity index (χ3v) is 4.08. The van der Waals surface area contributed by atoms with Gasteiger partial charge in [0.25, 0.3) is 5.91 Å². The lowest BCUT2D eigenvalue weighted by molar-refractivity contribution is -0.117. The Morgan fingerprint density at radius 3 is 2.77 bits per heavy atom. The highest BCUT2D eigenvalue weighted by Crippen LogP contribution is 2.34. The highest BCUT2D eigenvalue weighted by atomic mass is 32.2. The molecule has 22 heavy (non-hydrogen) atoms. The molecule has 1 aliphatic rings. The number of carbonyl (C=O) groups excluding carboxylic acids is 1. The van der Waals surface area contributed by atoms with Crippen LogP contribution >= 0.6 is 0 Å². The smallest absolute Gasteiger partial charge is 0.326 e. The largest absolute Gasteiger partial charge is 0.506 e. The number of allylic oxidation sites excluding steroid dienone is 1. The minimum Gasteiger partial charge on any atom is -0.506 e. The highest BCUT2D eigenvalue weighted by molar-refractivity contribution is 7.92. The van der Waals surface area contributed by atoms with Gasteiger partial charge in [0, 0.05) is 12.1 Å². The molecule has 4 N–H and O–H groups in total. The zero-order valence-electron chi connectivity index (χ0n) is 11.3. The van der Waals surface area contributed by atoms with E-state index in [0.717, 1.165) is 6.07 Å². The van der Waals surface area contributed by atoms with E-state index in [2.05, 4.69) is 18.4 Å². The monoisotopic (exact) mass is 325 g/mol. The van der Waals surface area contributed by atoms with Crippen LogP contribution in [0.1, 0.15) is 12.0 Å². The first-order chi connectivity index (χ1) is 10.2. The Labute approximate surface area is 126 Å². The number of hydrogen-bond acceptors (Lipinski definition) is 5. The molecular formula is C13H12FN3O4S. The second-order valence-electron chi connectivity index (χ2n) is 4.47. The maximum absolute atomic E-state index is 14.4. The van der Waals surface area contributed by atoms with Gasteiger partial charge >= 0.3 is 10.2 Å². The molecular weight excluding hydrogens is 313 g/mol. The molecule has 7 nitrogen and oxygen atoms in total. The number of carbonyl (C=O) groups is 1. The van der Waals surface area contributed by atoms with Crippen LogP contribution in [-0.2, 0) is 15.0 Å². The number of nitrogens with zero attached hydrogens (tertiary/aromatic N) is 1. The summed E-state index contributed by atoms with van der Waals surface area (Å²) in [6.07, 6.45) is 0.137. The molecule has 0 bridgehead atoms. The van der Waals surface area contributed by atoms with E-state index in [1.54, 1.807) is 4.72 Å². The molecule has 1 aliphatic heterocycles. The second kappa shape index (κ2) is 5.57. The van der Waals surface area contributed by atoms with Crippen molar-refractivity contribution in [3.05, 3.63) is 35.8 Å². The summed E-state index contributed by atoms with van der Waals surface area (Å²) in [5.41, 5.74) is 4.87. The zero-order chi connectivity index (χ0) is 16.5. The summed E-state index contributed by atoms with van der Waals surface area (Å²) in [6, 6.07) is 2.29. The molecule has 1 saturated heterocycles. The fourth-order valence-corrected chi connectivity index (χ4v) is 2.95. The van der Waals surface area contributed by atoms with Gasteiger partial charge in [0.1, 0.15) is 18.0 Å². The fraction of sp³-hybridized carbons (Fsp3) is 0.154. The van der Waals surface area contributed by atoms with Crippen molar-refractivity contribution in [3.8, 4) is 17.6 Å². The first-order valence-corrected chi connectivity index (χ1v) is 7.43. The van der Waals surface area contributed by atoms with E-state index in [0.29, 0.717) is 10.0 Å². The number of anilines is 1. The number of halogens is 1. The van der Waals surface area contributed by atoms with Crippen LogP contribution in [0.5, 0.6) is 5.75 Å². The van der Waals surface area contributed by atoms with Gasteiger partial charge in [-0.2, -0.15) is 8.42 Å². The SMILES string of the molecule is C=C(N)CC#Cc1ccc(O)c(N2CC(=O)NS2(=O)=O)c1F. The van der Waals surface area contributed by atoms with Gasteiger partial charge in [0.15, 0.2) is 5.82 Å². The lowest BCUT2D eigenvalue weighted by atomic mass is 10.1. The number of phenols is 1. The van der Waals surface area contributed by atoms with Crippen LogP contribution in [0.3, 0.4) is 0 Å². The van der Waals surface area contributed by atoms with Crippen molar-refractivity contribution in [2.24, 2.45) is 5.73 Å². The molecule has 0 spiro atoms. The summed E-state index contributed by atoms with van der Waals surface area (Å²) in [5.74, 6) is 2.54. The van der Waals surface area contributed by atoms with Crippen LogP contribution in [0.25, 0.3) is 0 Å². The quantitative estimate of drug-likeness (QED) is 0.659. The van der Waals surface area contributed by atoms with Gasteiger partial charge in [0.05, 0.1) is 5.56 Å². The number of rotatable bonds is 2. The van der Waals surface area contributed by atoms with Gasteiger partial charge < -0.3 is 10.8 Å². The third kappa shape index (κ3) is 2.96. The number of phenolic OH excluding ortho intramolecular Hbond substituents is 1. The molecule has 0 unspecified atom stereocenters. The summed E-state index contributed by atoms with van der Waals surface area (Å²) in [5, 5.41) is 9.74. The van der Waals surface area contributed by atoms with E-state index < -0.39 is 39.9 Å². The summed E-state index contributed by atoms with van der Waals surface area (Å²) in [7, 11) is -4.23. The average Bonchev–Trinajstić information content (AvgIpc) is 2.65. The van der Waals surface area contributed by atoms with E-state index in [9.17, 15) is 22.7 Å². The first-order valence-electron chi connectivity index (χ1n) is 5.99. The van der Waals surface area contributed by atoms with Crippen molar-refractivity contribution < 1.29 is 22.7 Å². The van der Waals surface area contributed by atoms with Crippen LogP contribution in [0, 0.1) is 17.7 Å². The second-order valence-corrected chi connectivity index (χ2v) is 6.06. The number of amides is 1. The molecule has 2 rings (SSSR count). The van der Waals surface area contributed by atoms with E-state index in [1.165, 1.54) is 6.07 Å². The summed E-state index contributed by atoms with van der Waals surface area (Å²) >= 11 is 0. The van der Waals surface area contributed by atoms with Crippen molar-refractivity contribution in [1.29, 1.82) is 0 Å². The molecule has 0 atom stereocenters. The van der Waals surface area contributed by atoms with E-state index in [4.69, 9.17) is 5.73 Å². The van der Waals surface area contributed by atoms with Crippen molar-refractivity contribution in [1.82, 2.24) is 4.72 Å². The van der Waals surface area contributed by atoms with E-state index >= 15 is 0 Å². The van der Waals surface area contributed by atoms with Crippen molar-refractivity contribution >= 4 is 21.8 Å². The molecule has 1 heterocycles. The molecule has 0 saturated carbocycles. The molecule has 1 aromatic rings. The van der Waals surface area contributed by atoms with Crippen LogP contribution in [0.15, 0.2) is 24.4 Å². The van der Waals surface area contributed by atoms with E-state index in [1.807, 2.05) is 0 Å². The fourth-order valence-electron chi connectivity index (χ4n) is 1.79. The Morgan fingerprint density at radius 1 is 1.55 bits per heavy atom. The van der Waals surface area contributed by atoms with Crippen LogP contribution in [0.4, 0.5) is 10.1 Å². The maximum atomic E-state index is 14.4. The topological polar surface area (TPSA) is 113 Å². The lowest BCUT2D eigenvalue weighted by Crippen LogP contribution is -2.30. The lowest BCUT2D eigenvalue weighted by Gasteiger charge is -2.17. The van der Waals surface area contributed by atoms with Gasteiger partial charge in [-0.15, -0.1) is 0 Å². The van der Waals surface area contributed by atoms with Crippen molar-refractivity contribution in [3.63, 3.8) is 0 Å². The van der Waals surface area contributed by atoms with E-state index in [-0.39, 0.29) is 12.0 Å². The van der Waals surface area contributed by atoms with Crippen molar-refractivity contribution in [2.45, 2.75) is 6.42 Å². The number of aromatic hydroxyl groups is 1. The Bertz CT molecular complexity index is 824. The molecule has 9 heteroatoms. The number of benzene rings is 1. The number of nitrogens with two attached hydrogens (primary N) is 1. The zero-order valence-corrected chi connectivity index (χ0v) is 12.1. The Balaban J connectivity index is 2.50. The highest BCUT2D eigenvalue weighted by Gasteiger charge is 2.37. The number of nitrogens with one attached hydrogen (secondary N) is 1. The van der Waals surface area contributed by atoms with Crippen LogP contribution in [0.2, 0.25) is 0 Å². The summed E-state index contributed by atoms with van der Waals surface area (Å²) in [6.45, 7) is 2.82. The van der Waals surface area contributed by atoms with Gasteiger partial charge in [-0.1, -0.05) is 18.4 Å². The van der Waals surface area contributed by atoms with Crippen LogP contribution < -0.4 is 14.8 Å². The standard InChI is InChI=1S/C13H12FN3O4S/c1-8(15)3-2-4-9-5-6-10(18)13(12(9)14)17-7-11(19)16-22(17,20)21/h5-6,18H,1,3,7,15H2,(H,16,19). The Kier molecular flexibility index (Phi) is 3.97. The van der Waals surface area contributed by atoms with Gasteiger partial charge in [0.2, 0.25) is 0 Å². The summed E-state index contributed by atoms with van der Waals surface area (Å²) < 4.78 is 40.0. The predicted octanol–water partition coefficient (Wildman–Crippen LogP) is -0.0737. The van der Waals surface area contributed by atoms with Crippen LogP contribution in [-0.4, -0.2) is 26.0 Å². The molecule has 116 valence electrons. The molecule has 1 aromatic carbocycles. The van der Waals surface area contributed by atoms with Gasteiger partial charge in [-0.05, 0) is 12.1 Å².